The molecule has 54 valence electrons. The summed E-state index contributed by atoms with van der Waals surface area (Å²) in [6, 6.07) is 0. The molecule has 2 heterocycles. The van der Waals surface area contributed by atoms with Gasteiger partial charge < -0.3 is 0 Å². The second kappa shape index (κ2) is 2.42. The summed E-state index contributed by atoms with van der Waals surface area (Å²) in [5.74, 6) is 2.52. The fraction of sp³-hybridized carbons (Fsp3) is 0.625. The van der Waals surface area contributed by atoms with Gasteiger partial charge in [-0.1, -0.05) is 0 Å². The van der Waals surface area contributed by atoms with Crippen molar-refractivity contribution in [2.45, 2.75) is 13.3 Å². The average Bonchev–Trinajstić information content (AvgIpc) is 2.34. The normalized spacial score (nSPS) is 24.7. The molecule has 2 heteroatoms. The maximum Gasteiger partial charge on any atom is 0.0609 e. The molecule has 0 unspecified atom stereocenters. The largest absolute Gasteiger partial charge is 0.285 e. The highest BCUT2D eigenvalue weighted by molar-refractivity contribution is 7.99. The Balaban J connectivity index is 2.28. The lowest BCUT2D eigenvalue weighted by atomic mass is 10.1. The van der Waals surface area contributed by atoms with Gasteiger partial charge in [-0.2, -0.15) is 11.8 Å². The van der Waals surface area contributed by atoms with Gasteiger partial charge in [0.15, 0.2) is 0 Å². The molecule has 0 saturated carbocycles. The quantitative estimate of drug-likeness (QED) is 0.517. The highest BCUT2D eigenvalue weighted by Gasteiger charge is 2.18. The highest BCUT2D eigenvalue weighted by Crippen LogP contribution is 2.28. The van der Waals surface area contributed by atoms with Crippen LogP contribution in [-0.4, -0.2) is 23.8 Å². The molecule has 0 N–H and O–H groups in total. The molecule has 0 aromatic rings. The molecule has 2 rings (SSSR count). The summed E-state index contributed by atoms with van der Waals surface area (Å²) in [7, 11) is 0. The zero-order chi connectivity index (χ0) is 6.97. The van der Waals surface area contributed by atoms with Crippen molar-refractivity contribution >= 4 is 17.5 Å². The Labute approximate surface area is 65.6 Å². The van der Waals surface area contributed by atoms with Crippen LogP contribution in [0.4, 0.5) is 0 Å². The van der Waals surface area contributed by atoms with Crippen molar-refractivity contribution in [2.24, 2.45) is 4.99 Å². The first kappa shape index (κ1) is 6.47. The Kier molecular flexibility index (Phi) is 1.57. The average molecular weight is 153 g/mol. The first-order chi connectivity index (χ1) is 4.88. The van der Waals surface area contributed by atoms with Crippen LogP contribution in [0.15, 0.2) is 16.1 Å². The maximum atomic E-state index is 4.41. The third-order valence-electron chi connectivity index (χ3n) is 2.17. The van der Waals surface area contributed by atoms with Crippen LogP contribution >= 0.6 is 11.8 Å². The van der Waals surface area contributed by atoms with Gasteiger partial charge in [-0.25, -0.2) is 0 Å². The van der Waals surface area contributed by atoms with Gasteiger partial charge >= 0.3 is 0 Å². The molecular formula is C8H11NS. The molecule has 0 aliphatic carbocycles. The van der Waals surface area contributed by atoms with Crippen molar-refractivity contribution < 1.29 is 0 Å². The van der Waals surface area contributed by atoms with Crippen LogP contribution in [0, 0.1) is 0 Å². The smallest absolute Gasteiger partial charge is 0.0609 e. The monoisotopic (exact) mass is 153 g/mol. The number of aliphatic imine (C=N–C) groups is 1. The van der Waals surface area contributed by atoms with Crippen molar-refractivity contribution in [2.75, 3.05) is 18.1 Å². The number of hydrogen-bond donors (Lipinski definition) is 0. The lowest BCUT2D eigenvalue weighted by molar-refractivity contribution is 1.02. The van der Waals surface area contributed by atoms with Crippen LogP contribution in [0.25, 0.3) is 0 Å². The molecule has 0 amide bonds. The molecular weight excluding hydrogens is 142 g/mol. The zero-order valence-corrected chi connectivity index (χ0v) is 7.00. The van der Waals surface area contributed by atoms with Gasteiger partial charge in [-0.05, 0) is 30.2 Å². The van der Waals surface area contributed by atoms with Crippen LogP contribution in [0.2, 0.25) is 0 Å². The Hall–Kier alpha value is -0.240. The van der Waals surface area contributed by atoms with Crippen molar-refractivity contribution in [1.29, 1.82) is 0 Å². The standard InChI is InChI=1S/C8H11NS/c1-6-8-5-10-3-2-7(8)4-9-6/h2-5H2,1H3. The topological polar surface area (TPSA) is 12.4 Å². The van der Waals surface area contributed by atoms with E-state index in [1.54, 1.807) is 11.1 Å². The van der Waals surface area contributed by atoms with E-state index in [2.05, 4.69) is 11.9 Å². The van der Waals surface area contributed by atoms with Gasteiger partial charge in [0.1, 0.15) is 0 Å². The predicted molar refractivity (Wildman–Crippen MR) is 46.9 cm³/mol. The van der Waals surface area contributed by atoms with E-state index < -0.39 is 0 Å². The summed E-state index contributed by atoms with van der Waals surface area (Å²) >= 11 is 2.04. The highest BCUT2D eigenvalue weighted by atomic mass is 32.2. The Morgan fingerprint density at radius 1 is 1.50 bits per heavy atom. The fourth-order valence-electron chi connectivity index (χ4n) is 1.47. The Morgan fingerprint density at radius 2 is 2.40 bits per heavy atom. The van der Waals surface area contributed by atoms with E-state index in [1.165, 1.54) is 23.6 Å². The zero-order valence-electron chi connectivity index (χ0n) is 6.18. The maximum absolute atomic E-state index is 4.41. The molecule has 0 saturated heterocycles. The summed E-state index contributed by atoms with van der Waals surface area (Å²) in [6.07, 6.45) is 1.28. The number of thioether (sulfide) groups is 1. The van der Waals surface area contributed by atoms with Crippen molar-refractivity contribution in [1.82, 2.24) is 0 Å². The van der Waals surface area contributed by atoms with Crippen molar-refractivity contribution in [3.05, 3.63) is 11.1 Å². The van der Waals surface area contributed by atoms with Crippen molar-refractivity contribution in [3.8, 4) is 0 Å². The second-order valence-corrected chi connectivity index (χ2v) is 3.89. The molecule has 0 bridgehead atoms. The van der Waals surface area contributed by atoms with Crippen LogP contribution in [0.5, 0.6) is 0 Å². The number of hydrogen-bond acceptors (Lipinski definition) is 2. The van der Waals surface area contributed by atoms with Crippen LogP contribution in [0.1, 0.15) is 13.3 Å². The Bertz CT molecular complexity index is 215. The SMILES string of the molecule is CC1=NCC2=C1CSCC2. The van der Waals surface area contributed by atoms with Gasteiger partial charge in [0.05, 0.1) is 6.54 Å². The molecule has 0 radical (unpaired) electrons. The van der Waals surface area contributed by atoms with E-state index in [4.69, 9.17) is 0 Å². The van der Waals surface area contributed by atoms with E-state index in [1.807, 2.05) is 11.8 Å². The minimum absolute atomic E-state index is 1.00. The third-order valence-corrected chi connectivity index (χ3v) is 3.15. The summed E-state index contributed by atoms with van der Waals surface area (Å²) in [4.78, 5) is 4.41. The van der Waals surface area contributed by atoms with Gasteiger partial charge in [0.2, 0.25) is 0 Å². The van der Waals surface area contributed by atoms with E-state index >= 15 is 0 Å². The van der Waals surface area contributed by atoms with E-state index in [0.717, 1.165) is 6.54 Å². The second-order valence-electron chi connectivity index (χ2n) is 2.79. The molecule has 0 spiro atoms. The minimum atomic E-state index is 1.00. The minimum Gasteiger partial charge on any atom is -0.285 e. The first-order valence-corrected chi connectivity index (χ1v) is 4.83. The van der Waals surface area contributed by atoms with Gasteiger partial charge in [-0.15, -0.1) is 0 Å². The van der Waals surface area contributed by atoms with Crippen LogP contribution < -0.4 is 0 Å². The van der Waals surface area contributed by atoms with Gasteiger partial charge in [0, 0.05) is 11.5 Å². The van der Waals surface area contributed by atoms with E-state index in [-0.39, 0.29) is 0 Å². The molecule has 0 atom stereocenters. The first-order valence-electron chi connectivity index (χ1n) is 3.68. The lowest BCUT2D eigenvalue weighted by Crippen LogP contribution is -2.05. The third kappa shape index (κ3) is 0.908. The van der Waals surface area contributed by atoms with Gasteiger partial charge in [0.25, 0.3) is 0 Å². The molecule has 0 aromatic heterocycles. The fourth-order valence-corrected chi connectivity index (χ4v) is 2.62. The molecule has 0 aromatic carbocycles. The molecule has 0 fully saturated rings. The molecule has 2 aliphatic rings. The van der Waals surface area contributed by atoms with E-state index in [9.17, 15) is 0 Å². The summed E-state index contributed by atoms with van der Waals surface area (Å²) in [5.41, 5.74) is 4.45. The van der Waals surface area contributed by atoms with Gasteiger partial charge in [-0.3, -0.25) is 4.99 Å². The van der Waals surface area contributed by atoms with Crippen molar-refractivity contribution in [3.63, 3.8) is 0 Å². The summed E-state index contributed by atoms with van der Waals surface area (Å²) < 4.78 is 0. The van der Waals surface area contributed by atoms with Crippen LogP contribution in [0.3, 0.4) is 0 Å². The number of nitrogens with zero attached hydrogens (tertiary/aromatic N) is 1. The Morgan fingerprint density at radius 3 is 3.20 bits per heavy atom. The molecule has 10 heavy (non-hydrogen) atoms. The summed E-state index contributed by atoms with van der Waals surface area (Å²) in [5, 5.41) is 0. The predicted octanol–water partition coefficient (Wildman–Crippen LogP) is 1.89. The molecule has 1 nitrogen and oxygen atoms in total. The summed E-state index contributed by atoms with van der Waals surface area (Å²) in [6.45, 7) is 3.13. The molecule has 2 aliphatic heterocycles. The van der Waals surface area contributed by atoms with Crippen LogP contribution in [-0.2, 0) is 0 Å². The van der Waals surface area contributed by atoms with E-state index in [0.29, 0.717) is 0 Å². The number of rotatable bonds is 0. The lowest BCUT2D eigenvalue weighted by Gasteiger charge is -2.12.